The molecule has 0 aliphatic rings. The maximum absolute atomic E-state index is 10.9. The molecule has 2 heteroatoms. The van der Waals surface area contributed by atoms with E-state index in [2.05, 4.69) is 32.0 Å². The molecule has 0 aliphatic heterocycles. The zero-order chi connectivity index (χ0) is 13.3. The first-order chi connectivity index (χ1) is 8.49. The Balaban J connectivity index is 2.51. The summed E-state index contributed by atoms with van der Waals surface area (Å²) in [5.41, 5.74) is 6.04. The highest BCUT2D eigenvalue weighted by atomic mass is 16.4. The molecule has 2 nitrogen and oxygen atoms in total. The lowest BCUT2D eigenvalue weighted by molar-refractivity contribution is 0.0697. The minimum Gasteiger partial charge on any atom is -0.478 e. The Labute approximate surface area is 107 Å². The first-order valence-corrected chi connectivity index (χ1v) is 5.90. The lowest BCUT2D eigenvalue weighted by Gasteiger charge is -2.09. The van der Waals surface area contributed by atoms with Crippen molar-refractivity contribution in [2.24, 2.45) is 0 Å². The summed E-state index contributed by atoms with van der Waals surface area (Å²) >= 11 is 0. The number of carbonyl (C=O) groups is 1. The van der Waals surface area contributed by atoms with Gasteiger partial charge in [-0.05, 0) is 60.7 Å². The minimum absolute atomic E-state index is 0.333. The SMILES string of the molecule is Cc1ccc(-c2ccc(C(=O)O)cc2C)cc1C. The fourth-order valence-electron chi connectivity index (χ4n) is 2.03. The Bertz CT molecular complexity index is 612. The van der Waals surface area contributed by atoms with Gasteiger partial charge in [0.1, 0.15) is 0 Å². The third-order valence-electron chi connectivity index (χ3n) is 3.29. The van der Waals surface area contributed by atoms with Gasteiger partial charge in [0, 0.05) is 0 Å². The average molecular weight is 240 g/mol. The van der Waals surface area contributed by atoms with Crippen molar-refractivity contribution in [3.05, 3.63) is 58.7 Å². The van der Waals surface area contributed by atoms with E-state index in [1.165, 1.54) is 11.1 Å². The summed E-state index contributed by atoms with van der Waals surface area (Å²) in [5, 5.41) is 8.95. The molecule has 0 heterocycles. The van der Waals surface area contributed by atoms with Crippen LogP contribution in [-0.2, 0) is 0 Å². The normalized spacial score (nSPS) is 10.4. The molecule has 0 spiro atoms. The predicted molar refractivity (Wildman–Crippen MR) is 73.0 cm³/mol. The quantitative estimate of drug-likeness (QED) is 0.862. The van der Waals surface area contributed by atoms with Crippen molar-refractivity contribution in [2.75, 3.05) is 0 Å². The van der Waals surface area contributed by atoms with Crippen molar-refractivity contribution in [3.8, 4) is 11.1 Å². The molecule has 0 saturated carbocycles. The van der Waals surface area contributed by atoms with Crippen molar-refractivity contribution in [2.45, 2.75) is 20.8 Å². The second-order valence-corrected chi connectivity index (χ2v) is 4.63. The molecule has 2 rings (SSSR count). The van der Waals surface area contributed by atoms with Crippen LogP contribution < -0.4 is 0 Å². The Morgan fingerprint density at radius 2 is 1.61 bits per heavy atom. The van der Waals surface area contributed by atoms with E-state index in [-0.39, 0.29) is 0 Å². The molecule has 2 aromatic carbocycles. The third-order valence-corrected chi connectivity index (χ3v) is 3.29. The Morgan fingerprint density at radius 1 is 0.889 bits per heavy atom. The largest absolute Gasteiger partial charge is 0.478 e. The average Bonchev–Trinajstić information content (AvgIpc) is 2.32. The molecular formula is C16H16O2. The van der Waals surface area contributed by atoms with Crippen LogP contribution in [0, 0.1) is 20.8 Å². The second-order valence-electron chi connectivity index (χ2n) is 4.63. The van der Waals surface area contributed by atoms with Crippen LogP contribution in [0.5, 0.6) is 0 Å². The maximum atomic E-state index is 10.9. The molecule has 0 aromatic heterocycles. The topological polar surface area (TPSA) is 37.3 Å². The molecule has 0 unspecified atom stereocenters. The van der Waals surface area contributed by atoms with Crippen molar-refractivity contribution in [1.82, 2.24) is 0 Å². The number of carboxylic acid groups (broad SMARTS) is 1. The van der Waals surface area contributed by atoms with Crippen molar-refractivity contribution in [3.63, 3.8) is 0 Å². The smallest absolute Gasteiger partial charge is 0.335 e. The van der Waals surface area contributed by atoms with Gasteiger partial charge in [-0.15, -0.1) is 0 Å². The lowest BCUT2D eigenvalue weighted by Crippen LogP contribution is -1.97. The fourth-order valence-corrected chi connectivity index (χ4v) is 2.03. The zero-order valence-corrected chi connectivity index (χ0v) is 10.8. The van der Waals surface area contributed by atoms with Gasteiger partial charge in [0.25, 0.3) is 0 Å². The molecule has 92 valence electrons. The molecule has 0 radical (unpaired) electrons. The first-order valence-electron chi connectivity index (χ1n) is 5.90. The van der Waals surface area contributed by atoms with Crippen molar-refractivity contribution >= 4 is 5.97 Å². The molecule has 0 aliphatic carbocycles. The summed E-state index contributed by atoms with van der Waals surface area (Å²) in [6, 6.07) is 11.5. The van der Waals surface area contributed by atoms with E-state index < -0.39 is 5.97 Å². The van der Waals surface area contributed by atoms with Crippen LogP contribution in [0.2, 0.25) is 0 Å². The van der Waals surface area contributed by atoms with Gasteiger partial charge in [-0.3, -0.25) is 0 Å². The number of carboxylic acids is 1. The monoisotopic (exact) mass is 240 g/mol. The molecule has 2 aromatic rings. The Hall–Kier alpha value is -2.09. The predicted octanol–water partition coefficient (Wildman–Crippen LogP) is 3.98. The van der Waals surface area contributed by atoms with Crippen LogP contribution in [0.1, 0.15) is 27.0 Å². The second kappa shape index (κ2) is 4.65. The van der Waals surface area contributed by atoms with Gasteiger partial charge in [-0.1, -0.05) is 24.3 Å². The van der Waals surface area contributed by atoms with Gasteiger partial charge in [0.15, 0.2) is 0 Å². The highest BCUT2D eigenvalue weighted by Crippen LogP contribution is 2.26. The molecule has 0 bridgehead atoms. The molecule has 0 fully saturated rings. The van der Waals surface area contributed by atoms with Crippen LogP contribution in [0.3, 0.4) is 0 Å². The summed E-state index contributed by atoms with van der Waals surface area (Å²) in [6.07, 6.45) is 0. The van der Waals surface area contributed by atoms with Crippen molar-refractivity contribution in [1.29, 1.82) is 0 Å². The molecule has 18 heavy (non-hydrogen) atoms. The fraction of sp³-hybridized carbons (Fsp3) is 0.188. The maximum Gasteiger partial charge on any atom is 0.335 e. The van der Waals surface area contributed by atoms with E-state index in [0.29, 0.717) is 5.56 Å². The van der Waals surface area contributed by atoms with Crippen LogP contribution in [0.25, 0.3) is 11.1 Å². The van der Waals surface area contributed by atoms with E-state index in [1.807, 2.05) is 13.0 Å². The summed E-state index contributed by atoms with van der Waals surface area (Å²) in [5.74, 6) is -0.885. The minimum atomic E-state index is -0.885. The van der Waals surface area contributed by atoms with E-state index in [0.717, 1.165) is 16.7 Å². The molecule has 0 saturated heterocycles. The summed E-state index contributed by atoms with van der Waals surface area (Å²) in [4.78, 5) is 10.9. The number of aromatic carboxylic acids is 1. The van der Waals surface area contributed by atoms with Crippen molar-refractivity contribution < 1.29 is 9.90 Å². The van der Waals surface area contributed by atoms with Crippen LogP contribution in [0.4, 0.5) is 0 Å². The van der Waals surface area contributed by atoms with Gasteiger partial charge >= 0.3 is 5.97 Å². The van der Waals surface area contributed by atoms with E-state index >= 15 is 0 Å². The number of hydrogen-bond donors (Lipinski definition) is 1. The summed E-state index contributed by atoms with van der Waals surface area (Å²) < 4.78 is 0. The van der Waals surface area contributed by atoms with Gasteiger partial charge < -0.3 is 5.11 Å². The standard InChI is InChI=1S/C16H16O2/c1-10-4-5-13(8-11(10)2)15-7-6-14(16(17)18)9-12(15)3/h4-9H,1-3H3,(H,17,18). The van der Waals surface area contributed by atoms with Crippen LogP contribution >= 0.6 is 0 Å². The lowest BCUT2D eigenvalue weighted by atomic mass is 9.96. The summed E-state index contributed by atoms with van der Waals surface area (Å²) in [7, 11) is 0. The van der Waals surface area contributed by atoms with Crippen LogP contribution in [-0.4, -0.2) is 11.1 Å². The highest BCUT2D eigenvalue weighted by molar-refractivity contribution is 5.89. The van der Waals surface area contributed by atoms with Gasteiger partial charge in [0.2, 0.25) is 0 Å². The van der Waals surface area contributed by atoms with Gasteiger partial charge in [-0.2, -0.15) is 0 Å². The van der Waals surface area contributed by atoms with E-state index in [9.17, 15) is 4.79 Å². The first kappa shape index (κ1) is 12.4. The molecular weight excluding hydrogens is 224 g/mol. The molecule has 0 atom stereocenters. The number of rotatable bonds is 2. The molecule has 1 N–H and O–H groups in total. The highest BCUT2D eigenvalue weighted by Gasteiger charge is 2.07. The van der Waals surface area contributed by atoms with Crippen LogP contribution in [0.15, 0.2) is 36.4 Å². The van der Waals surface area contributed by atoms with Gasteiger partial charge in [-0.25, -0.2) is 4.79 Å². The molecule has 0 amide bonds. The van der Waals surface area contributed by atoms with E-state index in [4.69, 9.17) is 5.11 Å². The third kappa shape index (κ3) is 2.28. The number of aryl methyl sites for hydroxylation is 3. The Morgan fingerprint density at radius 3 is 2.17 bits per heavy atom. The van der Waals surface area contributed by atoms with Gasteiger partial charge in [0.05, 0.1) is 5.56 Å². The Kier molecular flexibility index (Phi) is 3.19. The number of hydrogen-bond acceptors (Lipinski definition) is 1. The summed E-state index contributed by atoms with van der Waals surface area (Å²) in [6.45, 7) is 6.11. The zero-order valence-electron chi connectivity index (χ0n) is 10.8. The number of benzene rings is 2. The van der Waals surface area contributed by atoms with E-state index in [1.54, 1.807) is 12.1 Å².